The van der Waals surface area contributed by atoms with E-state index in [1.54, 1.807) is 0 Å². The molecule has 0 fully saturated rings. The maximum atomic E-state index is 4.07. The highest BCUT2D eigenvalue weighted by atomic mass is 79.9. The Morgan fingerprint density at radius 2 is 2.08 bits per heavy atom. The van der Waals surface area contributed by atoms with Crippen LogP contribution in [-0.4, -0.2) is 10.3 Å². The van der Waals surface area contributed by atoms with Crippen LogP contribution in [0.5, 0.6) is 0 Å². The normalized spacial score (nSPS) is 9.31. The molecule has 0 aliphatic rings. The van der Waals surface area contributed by atoms with Gasteiger partial charge in [-0.15, -0.1) is 17.0 Å². The SMILES string of the molecule is Br.BrCCCCCc1cccnc1. The number of nitrogens with zero attached hydrogens (tertiary/aromatic N) is 1. The average molecular weight is 309 g/mol. The van der Waals surface area contributed by atoms with E-state index in [0.29, 0.717) is 0 Å². The monoisotopic (exact) mass is 307 g/mol. The van der Waals surface area contributed by atoms with Crippen LogP contribution in [0.25, 0.3) is 0 Å². The van der Waals surface area contributed by atoms with E-state index >= 15 is 0 Å². The van der Waals surface area contributed by atoms with Crippen molar-refractivity contribution in [2.75, 3.05) is 5.33 Å². The number of aromatic nitrogens is 1. The Hall–Kier alpha value is 0.110. The highest BCUT2D eigenvalue weighted by Crippen LogP contribution is 2.05. The molecule has 0 aliphatic carbocycles. The number of hydrogen-bond donors (Lipinski definition) is 0. The second-order valence-corrected chi connectivity index (χ2v) is 3.65. The zero-order valence-corrected chi connectivity index (χ0v) is 10.9. The van der Waals surface area contributed by atoms with Crippen LogP contribution in [0.3, 0.4) is 0 Å². The highest BCUT2D eigenvalue weighted by molar-refractivity contribution is 9.09. The predicted octanol–water partition coefficient (Wildman–Crippen LogP) is 3.77. The van der Waals surface area contributed by atoms with Gasteiger partial charge in [0.2, 0.25) is 0 Å². The first kappa shape index (κ1) is 13.1. The summed E-state index contributed by atoms with van der Waals surface area (Å²) in [6, 6.07) is 4.14. The Balaban J connectivity index is 0.00000144. The quantitative estimate of drug-likeness (QED) is 0.596. The zero-order valence-electron chi connectivity index (χ0n) is 7.58. The summed E-state index contributed by atoms with van der Waals surface area (Å²) >= 11 is 3.42. The predicted molar refractivity (Wildman–Crippen MR) is 65.9 cm³/mol. The van der Waals surface area contributed by atoms with Crippen LogP contribution in [-0.2, 0) is 6.42 Å². The van der Waals surface area contributed by atoms with Gasteiger partial charge in [-0.25, -0.2) is 0 Å². The molecule has 0 amide bonds. The minimum Gasteiger partial charge on any atom is -0.264 e. The first-order valence-corrected chi connectivity index (χ1v) is 5.50. The third-order valence-corrected chi connectivity index (χ3v) is 2.38. The van der Waals surface area contributed by atoms with E-state index < -0.39 is 0 Å². The molecule has 0 aliphatic heterocycles. The largest absolute Gasteiger partial charge is 0.264 e. The lowest BCUT2D eigenvalue weighted by atomic mass is 10.1. The molecule has 1 nitrogen and oxygen atoms in total. The summed E-state index contributed by atoms with van der Waals surface area (Å²) < 4.78 is 0. The van der Waals surface area contributed by atoms with Crippen LogP contribution in [0.1, 0.15) is 24.8 Å². The van der Waals surface area contributed by atoms with Crippen LogP contribution in [0.15, 0.2) is 24.5 Å². The molecule has 0 N–H and O–H groups in total. The molecule has 0 unspecified atom stereocenters. The maximum absolute atomic E-state index is 4.07. The van der Waals surface area contributed by atoms with Crippen molar-refractivity contribution in [1.29, 1.82) is 0 Å². The summed E-state index contributed by atoms with van der Waals surface area (Å²) in [6.45, 7) is 0. The average Bonchev–Trinajstić information content (AvgIpc) is 2.14. The number of aryl methyl sites for hydroxylation is 1. The molecule has 3 heteroatoms. The van der Waals surface area contributed by atoms with E-state index in [2.05, 4.69) is 27.0 Å². The minimum atomic E-state index is 0. The van der Waals surface area contributed by atoms with Crippen molar-refractivity contribution in [3.05, 3.63) is 30.1 Å². The highest BCUT2D eigenvalue weighted by Gasteiger charge is 1.91. The van der Waals surface area contributed by atoms with Crippen molar-refractivity contribution in [2.45, 2.75) is 25.7 Å². The Bertz CT molecular complexity index is 201. The number of unbranched alkanes of at least 4 members (excludes halogenated alkanes) is 2. The lowest BCUT2D eigenvalue weighted by molar-refractivity contribution is 0.723. The second kappa shape index (κ2) is 8.70. The van der Waals surface area contributed by atoms with Crippen molar-refractivity contribution in [1.82, 2.24) is 4.98 Å². The van der Waals surface area contributed by atoms with Crippen molar-refractivity contribution >= 4 is 32.9 Å². The molecule has 74 valence electrons. The lowest BCUT2D eigenvalue weighted by Crippen LogP contribution is -1.86. The van der Waals surface area contributed by atoms with Crippen molar-refractivity contribution in [3.8, 4) is 0 Å². The second-order valence-electron chi connectivity index (χ2n) is 2.86. The maximum Gasteiger partial charge on any atom is 0.0299 e. The molecule has 1 aromatic rings. The van der Waals surface area contributed by atoms with E-state index in [1.807, 2.05) is 18.5 Å². The first-order chi connectivity index (χ1) is 5.93. The molecular formula is C10H15Br2N. The molecule has 1 heterocycles. The Morgan fingerprint density at radius 3 is 2.69 bits per heavy atom. The molecule has 0 radical (unpaired) electrons. The van der Waals surface area contributed by atoms with E-state index in [0.717, 1.165) is 5.33 Å². The topological polar surface area (TPSA) is 12.9 Å². The van der Waals surface area contributed by atoms with Gasteiger partial charge in [0.25, 0.3) is 0 Å². The van der Waals surface area contributed by atoms with Gasteiger partial charge < -0.3 is 0 Å². The van der Waals surface area contributed by atoms with Crippen molar-refractivity contribution in [3.63, 3.8) is 0 Å². The summed E-state index contributed by atoms with van der Waals surface area (Å²) in [5.74, 6) is 0. The van der Waals surface area contributed by atoms with Gasteiger partial charge in [0.05, 0.1) is 0 Å². The van der Waals surface area contributed by atoms with Gasteiger partial charge in [0, 0.05) is 17.7 Å². The summed E-state index contributed by atoms with van der Waals surface area (Å²) in [7, 11) is 0. The first-order valence-electron chi connectivity index (χ1n) is 4.38. The van der Waals surface area contributed by atoms with E-state index in [4.69, 9.17) is 0 Å². The van der Waals surface area contributed by atoms with Gasteiger partial charge in [-0.1, -0.05) is 28.4 Å². The van der Waals surface area contributed by atoms with Gasteiger partial charge in [-0.05, 0) is 30.9 Å². The van der Waals surface area contributed by atoms with Crippen LogP contribution in [0.4, 0.5) is 0 Å². The van der Waals surface area contributed by atoms with E-state index in [9.17, 15) is 0 Å². The summed E-state index contributed by atoms with van der Waals surface area (Å²) in [4.78, 5) is 4.07. The molecule has 0 spiro atoms. The van der Waals surface area contributed by atoms with Crippen molar-refractivity contribution < 1.29 is 0 Å². The molecule has 13 heavy (non-hydrogen) atoms. The van der Waals surface area contributed by atoms with Gasteiger partial charge >= 0.3 is 0 Å². The molecule has 0 bridgehead atoms. The molecule has 0 aromatic carbocycles. The third kappa shape index (κ3) is 6.22. The molecule has 1 aromatic heterocycles. The van der Waals surface area contributed by atoms with E-state index in [-0.39, 0.29) is 17.0 Å². The number of hydrogen-bond acceptors (Lipinski definition) is 1. The molecular weight excluding hydrogens is 294 g/mol. The Morgan fingerprint density at radius 1 is 1.23 bits per heavy atom. The molecule has 0 atom stereocenters. The fraction of sp³-hybridized carbons (Fsp3) is 0.500. The van der Waals surface area contributed by atoms with Gasteiger partial charge in [-0.3, -0.25) is 4.98 Å². The van der Waals surface area contributed by atoms with Crippen LogP contribution in [0.2, 0.25) is 0 Å². The van der Waals surface area contributed by atoms with Crippen LogP contribution < -0.4 is 0 Å². The zero-order chi connectivity index (χ0) is 8.65. The van der Waals surface area contributed by atoms with Crippen LogP contribution in [0, 0.1) is 0 Å². The number of alkyl halides is 1. The Kier molecular flexibility index (Phi) is 8.77. The number of pyridine rings is 1. The smallest absolute Gasteiger partial charge is 0.0299 e. The van der Waals surface area contributed by atoms with Crippen LogP contribution >= 0.6 is 32.9 Å². The fourth-order valence-electron chi connectivity index (χ4n) is 1.15. The summed E-state index contributed by atoms with van der Waals surface area (Å²) in [6.07, 6.45) is 8.80. The molecule has 1 rings (SSSR count). The summed E-state index contributed by atoms with van der Waals surface area (Å²) in [5, 5.41) is 1.13. The lowest BCUT2D eigenvalue weighted by Gasteiger charge is -1.98. The van der Waals surface area contributed by atoms with Crippen molar-refractivity contribution in [2.24, 2.45) is 0 Å². The summed E-state index contributed by atoms with van der Waals surface area (Å²) in [5.41, 5.74) is 1.35. The van der Waals surface area contributed by atoms with Gasteiger partial charge in [-0.2, -0.15) is 0 Å². The minimum absolute atomic E-state index is 0. The Labute approximate surface area is 98.9 Å². The van der Waals surface area contributed by atoms with E-state index in [1.165, 1.54) is 31.2 Å². The standard InChI is InChI=1S/C10H14BrN.BrH/c11-7-3-1-2-5-10-6-4-8-12-9-10;/h4,6,8-9H,1-3,5,7H2;1H. The molecule has 0 saturated carbocycles. The fourth-order valence-corrected chi connectivity index (χ4v) is 1.54. The molecule has 0 saturated heterocycles. The third-order valence-electron chi connectivity index (χ3n) is 1.82. The van der Waals surface area contributed by atoms with Gasteiger partial charge in [0.1, 0.15) is 0 Å². The number of rotatable bonds is 5. The number of halogens is 2. The van der Waals surface area contributed by atoms with Gasteiger partial charge in [0.15, 0.2) is 0 Å².